The lowest BCUT2D eigenvalue weighted by atomic mass is 9.93. The van der Waals surface area contributed by atoms with Crippen molar-refractivity contribution in [1.82, 2.24) is 5.32 Å². The van der Waals surface area contributed by atoms with Crippen LogP contribution in [-0.4, -0.2) is 32.7 Å². The van der Waals surface area contributed by atoms with Crippen molar-refractivity contribution in [2.75, 3.05) is 26.8 Å². The van der Waals surface area contributed by atoms with Crippen LogP contribution in [0, 0.1) is 5.92 Å². The maximum Gasteiger partial charge on any atom is 0.263 e. The van der Waals surface area contributed by atoms with Gasteiger partial charge in [0.25, 0.3) is 5.92 Å². The lowest BCUT2D eigenvalue weighted by Crippen LogP contribution is -2.40. The maximum atomic E-state index is 13.2. The summed E-state index contributed by atoms with van der Waals surface area (Å²) in [5.41, 5.74) is 0. The van der Waals surface area contributed by atoms with Crippen molar-refractivity contribution in [3.8, 4) is 0 Å². The van der Waals surface area contributed by atoms with E-state index in [9.17, 15) is 8.78 Å². The van der Waals surface area contributed by atoms with Crippen LogP contribution in [0.15, 0.2) is 0 Å². The lowest BCUT2D eigenvalue weighted by Gasteiger charge is -2.29. The standard InChI is InChI=1S/C8H15F2NO/c1-11-6-8(9,10)7-2-4-12-5-3-7/h7,11H,2-6H2,1H3. The number of hydrogen-bond donors (Lipinski definition) is 1. The van der Waals surface area contributed by atoms with Gasteiger partial charge >= 0.3 is 0 Å². The van der Waals surface area contributed by atoms with Crippen molar-refractivity contribution in [2.45, 2.75) is 18.8 Å². The largest absolute Gasteiger partial charge is 0.381 e. The van der Waals surface area contributed by atoms with Crippen molar-refractivity contribution in [2.24, 2.45) is 5.92 Å². The molecular weight excluding hydrogens is 164 g/mol. The van der Waals surface area contributed by atoms with Crippen LogP contribution in [0.25, 0.3) is 0 Å². The Hall–Kier alpha value is -0.220. The van der Waals surface area contributed by atoms with Gasteiger partial charge in [-0.2, -0.15) is 0 Å². The van der Waals surface area contributed by atoms with E-state index in [2.05, 4.69) is 5.32 Å². The fourth-order valence-corrected chi connectivity index (χ4v) is 1.50. The summed E-state index contributed by atoms with van der Waals surface area (Å²) >= 11 is 0. The molecule has 0 spiro atoms. The van der Waals surface area contributed by atoms with Crippen molar-refractivity contribution < 1.29 is 13.5 Å². The summed E-state index contributed by atoms with van der Waals surface area (Å²) in [7, 11) is 1.55. The molecule has 1 fully saturated rings. The Labute approximate surface area is 71.3 Å². The van der Waals surface area contributed by atoms with Gasteiger partial charge in [-0.1, -0.05) is 0 Å². The predicted molar refractivity (Wildman–Crippen MR) is 42.4 cm³/mol. The highest BCUT2D eigenvalue weighted by Crippen LogP contribution is 2.31. The number of rotatable bonds is 3. The molecule has 72 valence electrons. The minimum atomic E-state index is -2.57. The van der Waals surface area contributed by atoms with Gasteiger partial charge in [0, 0.05) is 19.1 Å². The van der Waals surface area contributed by atoms with Crippen LogP contribution in [0.2, 0.25) is 0 Å². The number of alkyl halides is 2. The summed E-state index contributed by atoms with van der Waals surface area (Å²) in [6.07, 6.45) is 0.962. The molecule has 4 heteroatoms. The van der Waals surface area contributed by atoms with Crippen LogP contribution in [0.4, 0.5) is 8.78 Å². The third-order valence-corrected chi connectivity index (χ3v) is 2.23. The summed E-state index contributed by atoms with van der Waals surface area (Å²) in [5, 5.41) is 2.51. The van der Waals surface area contributed by atoms with Crippen molar-refractivity contribution in [3.63, 3.8) is 0 Å². The molecule has 1 aliphatic heterocycles. The van der Waals surface area contributed by atoms with Crippen LogP contribution in [0.3, 0.4) is 0 Å². The molecule has 0 aliphatic carbocycles. The second-order valence-electron chi connectivity index (χ2n) is 3.18. The normalized spacial score (nSPS) is 21.2. The minimum absolute atomic E-state index is 0.225. The van der Waals surface area contributed by atoms with E-state index in [0.717, 1.165) is 0 Å². The van der Waals surface area contributed by atoms with E-state index in [4.69, 9.17) is 4.74 Å². The first-order chi connectivity index (χ1) is 5.67. The van der Waals surface area contributed by atoms with E-state index in [-0.39, 0.29) is 6.54 Å². The molecule has 1 saturated heterocycles. The zero-order valence-corrected chi connectivity index (χ0v) is 7.28. The Morgan fingerprint density at radius 2 is 2.00 bits per heavy atom. The highest BCUT2D eigenvalue weighted by molar-refractivity contribution is 4.80. The SMILES string of the molecule is CNCC(F)(F)C1CCOCC1. The van der Waals surface area contributed by atoms with Crippen LogP contribution >= 0.6 is 0 Å². The average molecular weight is 179 g/mol. The quantitative estimate of drug-likeness (QED) is 0.704. The number of halogens is 2. The first-order valence-corrected chi connectivity index (χ1v) is 4.27. The molecule has 0 aromatic rings. The topological polar surface area (TPSA) is 21.3 Å². The first-order valence-electron chi connectivity index (χ1n) is 4.27. The van der Waals surface area contributed by atoms with Gasteiger partial charge in [-0.3, -0.25) is 0 Å². The second kappa shape index (κ2) is 4.14. The first kappa shape index (κ1) is 9.86. The van der Waals surface area contributed by atoms with E-state index < -0.39 is 11.8 Å². The third kappa shape index (κ3) is 2.38. The molecule has 1 N–H and O–H groups in total. The number of hydrogen-bond acceptors (Lipinski definition) is 2. The van der Waals surface area contributed by atoms with Gasteiger partial charge in [0.2, 0.25) is 0 Å². The molecule has 0 aromatic heterocycles. The Balaban J connectivity index is 2.41. The fraction of sp³-hybridized carbons (Fsp3) is 1.00. The van der Waals surface area contributed by atoms with Crippen LogP contribution in [-0.2, 0) is 4.74 Å². The Morgan fingerprint density at radius 1 is 1.42 bits per heavy atom. The molecule has 0 bridgehead atoms. The minimum Gasteiger partial charge on any atom is -0.381 e. The monoisotopic (exact) mass is 179 g/mol. The average Bonchev–Trinajstić information content (AvgIpc) is 2.06. The molecule has 2 nitrogen and oxygen atoms in total. The molecule has 0 aromatic carbocycles. The molecular formula is C8H15F2NO. The Morgan fingerprint density at radius 3 is 2.50 bits per heavy atom. The third-order valence-electron chi connectivity index (χ3n) is 2.23. The Kier molecular flexibility index (Phi) is 3.40. The lowest BCUT2D eigenvalue weighted by molar-refractivity contribution is -0.0925. The molecule has 1 heterocycles. The van der Waals surface area contributed by atoms with Crippen molar-refractivity contribution in [3.05, 3.63) is 0 Å². The fourth-order valence-electron chi connectivity index (χ4n) is 1.50. The van der Waals surface area contributed by atoms with Gasteiger partial charge in [0.05, 0.1) is 6.54 Å². The molecule has 0 radical (unpaired) electrons. The predicted octanol–water partition coefficient (Wildman–Crippen LogP) is 1.27. The maximum absolute atomic E-state index is 13.2. The molecule has 1 rings (SSSR count). The molecule has 12 heavy (non-hydrogen) atoms. The van der Waals surface area contributed by atoms with Gasteiger partial charge in [-0.25, -0.2) is 8.78 Å². The number of ether oxygens (including phenoxy) is 1. The zero-order valence-electron chi connectivity index (χ0n) is 7.28. The van der Waals surface area contributed by atoms with E-state index in [1.807, 2.05) is 0 Å². The second-order valence-corrected chi connectivity index (χ2v) is 3.18. The van der Waals surface area contributed by atoms with Crippen LogP contribution < -0.4 is 5.32 Å². The van der Waals surface area contributed by atoms with Gasteiger partial charge in [-0.05, 0) is 19.9 Å². The van der Waals surface area contributed by atoms with Gasteiger partial charge < -0.3 is 10.1 Å². The summed E-state index contributed by atoms with van der Waals surface area (Å²) in [6.45, 7) is 0.728. The molecule has 0 atom stereocenters. The van der Waals surface area contributed by atoms with Crippen LogP contribution in [0.5, 0.6) is 0 Å². The van der Waals surface area contributed by atoms with Crippen molar-refractivity contribution >= 4 is 0 Å². The van der Waals surface area contributed by atoms with E-state index in [1.165, 1.54) is 0 Å². The molecule has 0 amide bonds. The summed E-state index contributed by atoms with van der Waals surface area (Å²) in [5.74, 6) is -3.07. The summed E-state index contributed by atoms with van der Waals surface area (Å²) < 4.78 is 31.4. The van der Waals surface area contributed by atoms with Crippen molar-refractivity contribution in [1.29, 1.82) is 0 Å². The van der Waals surface area contributed by atoms with Gasteiger partial charge in [0.15, 0.2) is 0 Å². The molecule has 1 aliphatic rings. The number of nitrogens with one attached hydrogen (secondary N) is 1. The van der Waals surface area contributed by atoms with E-state index >= 15 is 0 Å². The summed E-state index contributed by atoms with van der Waals surface area (Å²) in [4.78, 5) is 0. The smallest absolute Gasteiger partial charge is 0.263 e. The van der Waals surface area contributed by atoms with Gasteiger partial charge in [-0.15, -0.1) is 0 Å². The Bertz CT molecular complexity index is 135. The molecule has 0 saturated carbocycles. The zero-order chi connectivity index (χ0) is 9.03. The highest BCUT2D eigenvalue weighted by atomic mass is 19.3. The van der Waals surface area contributed by atoms with Gasteiger partial charge in [0.1, 0.15) is 0 Å². The molecule has 0 unspecified atom stereocenters. The highest BCUT2D eigenvalue weighted by Gasteiger charge is 2.39. The van der Waals surface area contributed by atoms with E-state index in [0.29, 0.717) is 26.1 Å². The van der Waals surface area contributed by atoms with Crippen LogP contribution in [0.1, 0.15) is 12.8 Å². The van der Waals surface area contributed by atoms with E-state index in [1.54, 1.807) is 7.05 Å². The summed E-state index contributed by atoms with van der Waals surface area (Å²) in [6, 6.07) is 0.